The Kier molecular flexibility index (Phi) is 5.67. The Morgan fingerprint density at radius 2 is 1.77 bits per heavy atom. The summed E-state index contributed by atoms with van der Waals surface area (Å²) in [4.78, 5) is 26.3. The van der Waals surface area contributed by atoms with Crippen LogP contribution < -0.4 is 5.32 Å². The van der Waals surface area contributed by atoms with Gasteiger partial charge >= 0.3 is 0 Å². The first-order chi connectivity index (χ1) is 15.3. The van der Waals surface area contributed by atoms with Gasteiger partial charge in [-0.1, -0.05) is 0 Å². The number of hydrogen-bond donors (Lipinski definition) is 1. The van der Waals surface area contributed by atoms with Crippen molar-refractivity contribution < 1.29 is 9.21 Å². The highest BCUT2D eigenvalue weighted by Gasteiger charge is 2.28. The number of nitrogens with one attached hydrogen (secondary N) is 1. The number of piperidine rings is 1. The number of furan rings is 1. The van der Waals surface area contributed by atoms with E-state index in [1.807, 2.05) is 41.3 Å². The number of amides is 1. The van der Waals surface area contributed by atoms with Gasteiger partial charge in [-0.05, 0) is 81.2 Å². The number of likely N-dealkylation sites (tertiary alicyclic amines) is 2. The minimum absolute atomic E-state index is 0.113. The second-order valence-corrected chi connectivity index (χ2v) is 8.21. The van der Waals surface area contributed by atoms with Gasteiger partial charge in [0.25, 0.3) is 5.91 Å². The standard InChI is InChI=1S/C24H27N5O2/c30-23(29-15-10-20(11-16-29)28-13-1-2-14-28)18-5-7-19(8-6-18)26-24-25-12-9-21(27-24)22-4-3-17-31-22/h3-9,12,17,20H,1-2,10-11,13-16H2,(H,25,26,27). The number of aromatic nitrogens is 2. The van der Waals surface area contributed by atoms with Gasteiger partial charge in [0.2, 0.25) is 5.95 Å². The van der Waals surface area contributed by atoms with E-state index in [-0.39, 0.29) is 5.91 Å². The molecule has 1 amide bonds. The molecule has 7 nitrogen and oxygen atoms in total. The summed E-state index contributed by atoms with van der Waals surface area (Å²) in [6.45, 7) is 4.13. The van der Waals surface area contributed by atoms with Crippen molar-refractivity contribution in [1.82, 2.24) is 19.8 Å². The molecular formula is C24H27N5O2. The van der Waals surface area contributed by atoms with Gasteiger partial charge in [0.1, 0.15) is 5.69 Å². The lowest BCUT2D eigenvalue weighted by Gasteiger charge is -2.36. The summed E-state index contributed by atoms with van der Waals surface area (Å²) in [7, 11) is 0. The van der Waals surface area contributed by atoms with Gasteiger partial charge < -0.3 is 19.5 Å². The van der Waals surface area contributed by atoms with Crippen molar-refractivity contribution in [3.05, 3.63) is 60.5 Å². The molecule has 5 rings (SSSR count). The lowest BCUT2D eigenvalue weighted by Crippen LogP contribution is -2.45. The van der Waals surface area contributed by atoms with E-state index in [4.69, 9.17) is 4.42 Å². The normalized spacial score (nSPS) is 17.7. The van der Waals surface area contributed by atoms with Gasteiger partial charge in [-0.15, -0.1) is 0 Å². The van der Waals surface area contributed by atoms with Crippen LogP contribution in [-0.2, 0) is 0 Å². The fraction of sp³-hybridized carbons (Fsp3) is 0.375. The van der Waals surface area contributed by atoms with Crippen LogP contribution in [0.4, 0.5) is 11.6 Å². The average Bonchev–Trinajstić information content (AvgIpc) is 3.54. The molecule has 2 aliphatic rings. The number of rotatable bonds is 5. The van der Waals surface area contributed by atoms with E-state index in [2.05, 4.69) is 20.2 Å². The highest BCUT2D eigenvalue weighted by molar-refractivity contribution is 5.94. The second-order valence-electron chi connectivity index (χ2n) is 8.21. The van der Waals surface area contributed by atoms with Crippen molar-refractivity contribution in [2.75, 3.05) is 31.5 Å². The minimum Gasteiger partial charge on any atom is -0.463 e. The van der Waals surface area contributed by atoms with Crippen LogP contribution >= 0.6 is 0 Å². The molecule has 2 aromatic heterocycles. The van der Waals surface area contributed by atoms with Crippen LogP contribution in [0, 0.1) is 0 Å². The Labute approximate surface area is 182 Å². The maximum Gasteiger partial charge on any atom is 0.253 e. The Balaban J connectivity index is 1.19. The number of benzene rings is 1. The van der Waals surface area contributed by atoms with Crippen LogP contribution in [0.25, 0.3) is 11.5 Å². The molecule has 4 heterocycles. The van der Waals surface area contributed by atoms with Gasteiger partial charge in [0.05, 0.1) is 6.26 Å². The maximum atomic E-state index is 12.9. The number of nitrogens with zero attached hydrogens (tertiary/aromatic N) is 4. The van der Waals surface area contributed by atoms with Crippen LogP contribution in [-0.4, -0.2) is 57.9 Å². The molecule has 0 unspecified atom stereocenters. The molecule has 7 heteroatoms. The third kappa shape index (κ3) is 4.46. The zero-order chi connectivity index (χ0) is 21.0. The number of carbonyl (C=O) groups is 1. The van der Waals surface area contributed by atoms with Gasteiger partial charge in [-0.2, -0.15) is 0 Å². The lowest BCUT2D eigenvalue weighted by atomic mass is 10.0. The van der Waals surface area contributed by atoms with E-state index < -0.39 is 0 Å². The van der Waals surface area contributed by atoms with E-state index in [1.165, 1.54) is 25.9 Å². The molecular weight excluding hydrogens is 390 g/mol. The summed E-state index contributed by atoms with van der Waals surface area (Å²) in [6, 6.07) is 13.7. The third-order valence-corrected chi connectivity index (χ3v) is 6.23. The topological polar surface area (TPSA) is 74.5 Å². The van der Waals surface area contributed by atoms with Gasteiger partial charge in [0.15, 0.2) is 5.76 Å². The minimum atomic E-state index is 0.113. The molecule has 2 saturated heterocycles. The van der Waals surface area contributed by atoms with Gasteiger partial charge in [-0.3, -0.25) is 4.79 Å². The number of hydrogen-bond acceptors (Lipinski definition) is 6. The number of carbonyl (C=O) groups excluding carboxylic acids is 1. The predicted octanol–water partition coefficient (Wildman–Crippen LogP) is 4.18. The first-order valence-electron chi connectivity index (χ1n) is 11.0. The largest absolute Gasteiger partial charge is 0.463 e. The average molecular weight is 418 g/mol. The molecule has 0 aliphatic carbocycles. The first-order valence-corrected chi connectivity index (χ1v) is 11.0. The fourth-order valence-corrected chi connectivity index (χ4v) is 4.53. The molecule has 0 atom stereocenters. The molecule has 160 valence electrons. The maximum absolute atomic E-state index is 12.9. The summed E-state index contributed by atoms with van der Waals surface area (Å²) in [5, 5.41) is 3.19. The van der Waals surface area contributed by atoms with Crippen molar-refractivity contribution in [3.8, 4) is 11.5 Å². The van der Waals surface area contributed by atoms with E-state index in [9.17, 15) is 4.79 Å². The smallest absolute Gasteiger partial charge is 0.253 e. The first kappa shape index (κ1) is 19.8. The highest BCUT2D eigenvalue weighted by Crippen LogP contribution is 2.23. The summed E-state index contributed by atoms with van der Waals surface area (Å²) in [6.07, 6.45) is 8.10. The SMILES string of the molecule is O=C(c1ccc(Nc2nccc(-c3ccco3)n2)cc1)N1CCC(N2CCCC2)CC1. The van der Waals surface area contributed by atoms with Crippen LogP contribution in [0.1, 0.15) is 36.0 Å². The molecule has 2 fully saturated rings. The van der Waals surface area contributed by atoms with Crippen LogP contribution in [0.15, 0.2) is 59.3 Å². The van der Waals surface area contributed by atoms with Crippen molar-refractivity contribution in [3.63, 3.8) is 0 Å². The quantitative estimate of drug-likeness (QED) is 0.671. The predicted molar refractivity (Wildman–Crippen MR) is 119 cm³/mol. The molecule has 31 heavy (non-hydrogen) atoms. The summed E-state index contributed by atoms with van der Waals surface area (Å²) in [5.74, 6) is 1.29. The Bertz CT molecular complexity index is 1000. The van der Waals surface area contributed by atoms with E-state index in [0.717, 1.165) is 37.2 Å². The van der Waals surface area contributed by atoms with E-state index in [0.29, 0.717) is 23.4 Å². The van der Waals surface area contributed by atoms with Crippen molar-refractivity contribution in [2.45, 2.75) is 31.7 Å². The number of anilines is 2. The van der Waals surface area contributed by atoms with Gasteiger partial charge in [0, 0.05) is 36.6 Å². The van der Waals surface area contributed by atoms with Crippen LogP contribution in [0.3, 0.4) is 0 Å². The molecule has 0 radical (unpaired) electrons. The monoisotopic (exact) mass is 417 g/mol. The van der Waals surface area contributed by atoms with Gasteiger partial charge in [-0.25, -0.2) is 9.97 Å². The molecule has 2 aliphatic heterocycles. The fourth-order valence-electron chi connectivity index (χ4n) is 4.53. The summed E-state index contributed by atoms with van der Waals surface area (Å²) >= 11 is 0. The molecule has 0 spiro atoms. The zero-order valence-electron chi connectivity index (χ0n) is 17.5. The lowest BCUT2D eigenvalue weighted by molar-refractivity contribution is 0.0644. The molecule has 1 N–H and O–H groups in total. The van der Waals surface area contributed by atoms with E-state index in [1.54, 1.807) is 18.5 Å². The summed E-state index contributed by atoms with van der Waals surface area (Å²) in [5.41, 5.74) is 2.27. The van der Waals surface area contributed by atoms with Crippen LogP contribution in [0.5, 0.6) is 0 Å². The Morgan fingerprint density at radius 1 is 1.00 bits per heavy atom. The Morgan fingerprint density at radius 3 is 2.48 bits per heavy atom. The van der Waals surface area contributed by atoms with Crippen molar-refractivity contribution >= 4 is 17.5 Å². The second kappa shape index (κ2) is 8.89. The molecule has 0 bridgehead atoms. The summed E-state index contributed by atoms with van der Waals surface area (Å²) < 4.78 is 5.40. The highest BCUT2D eigenvalue weighted by atomic mass is 16.3. The molecule has 1 aromatic carbocycles. The third-order valence-electron chi connectivity index (χ3n) is 6.23. The molecule has 0 saturated carbocycles. The van der Waals surface area contributed by atoms with E-state index >= 15 is 0 Å². The zero-order valence-corrected chi connectivity index (χ0v) is 17.5. The molecule has 3 aromatic rings. The van der Waals surface area contributed by atoms with Crippen molar-refractivity contribution in [1.29, 1.82) is 0 Å². The van der Waals surface area contributed by atoms with Crippen molar-refractivity contribution in [2.24, 2.45) is 0 Å². The Hall–Kier alpha value is -3.19. The van der Waals surface area contributed by atoms with Crippen LogP contribution in [0.2, 0.25) is 0 Å².